The highest BCUT2D eigenvalue weighted by atomic mass is 19.1. The van der Waals surface area contributed by atoms with Gasteiger partial charge in [0.05, 0.1) is 4.92 Å². The zero-order chi connectivity index (χ0) is 14.7. The van der Waals surface area contributed by atoms with E-state index in [0.717, 1.165) is 17.3 Å². The number of hydrogen-bond donors (Lipinski definition) is 1. The summed E-state index contributed by atoms with van der Waals surface area (Å²) in [5.41, 5.74) is 1.15. The van der Waals surface area contributed by atoms with Crippen molar-refractivity contribution in [3.05, 3.63) is 69.3 Å². The van der Waals surface area contributed by atoms with Crippen LogP contribution in [0.3, 0.4) is 0 Å². The first-order valence-corrected chi connectivity index (χ1v) is 5.90. The molecule has 0 unspecified atom stereocenters. The molecule has 1 N–H and O–H groups in total. The van der Waals surface area contributed by atoms with Crippen molar-refractivity contribution in [3.8, 4) is 0 Å². The van der Waals surface area contributed by atoms with Gasteiger partial charge in [0.15, 0.2) is 0 Å². The maximum atomic E-state index is 13.6. The molecule has 0 bridgehead atoms. The Labute approximate surface area is 114 Å². The van der Waals surface area contributed by atoms with E-state index in [1.165, 1.54) is 0 Å². The van der Waals surface area contributed by atoms with Crippen molar-refractivity contribution in [1.82, 2.24) is 0 Å². The lowest BCUT2D eigenvalue weighted by atomic mass is 10.1. The number of halogens is 2. The summed E-state index contributed by atoms with van der Waals surface area (Å²) in [6, 6.07) is 8.82. The van der Waals surface area contributed by atoms with Crippen molar-refractivity contribution in [1.29, 1.82) is 0 Å². The van der Waals surface area contributed by atoms with E-state index in [-0.39, 0.29) is 12.1 Å². The van der Waals surface area contributed by atoms with Crippen LogP contribution in [0.5, 0.6) is 0 Å². The standard InChI is InChI=1S/C14H12F2N2O2/c1-9-2-4-11(5-3-9)17-8-10-6-14(18(19)20)13(16)7-12(10)15/h2-7,17H,8H2,1H3. The molecule has 6 heteroatoms. The summed E-state index contributed by atoms with van der Waals surface area (Å²) in [5.74, 6) is -1.99. The van der Waals surface area contributed by atoms with Crippen LogP contribution in [-0.2, 0) is 6.54 Å². The molecule has 0 atom stereocenters. The van der Waals surface area contributed by atoms with Gasteiger partial charge in [-0.1, -0.05) is 17.7 Å². The van der Waals surface area contributed by atoms with E-state index in [1.54, 1.807) is 0 Å². The number of hydrogen-bond acceptors (Lipinski definition) is 3. The minimum atomic E-state index is -1.17. The highest BCUT2D eigenvalue weighted by molar-refractivity contribution is 5.46. The maximum Gasteiger partial charge on any atom is 0.305 e. The largest absolute Gasteiger partial charge is 0.381 e. The van der Waals surface area contributed by atoms with Crippen LogP contribution in [0, 0.1) is 28.7 Å². The lowest BCUT2D eigenvalue weighted by Crippen LogP contribution is -2.04. The Kier molecular flexibility index (Phi) is 3.93. The summed E-state index contributed by atoms with van der Waals surface area (Å²) in [5, 5.41) is 13.5. The van der Waals surface area contributed by atoms with Gasteiger partial charge in [0, 0.05) is 29.9 Å². The minimum absolute atomic E-state index is 0.0377. The SMILES string of the molecule is Cc1ccc(NCc2cc([N+](=O)[O-])c(F)cc2F)cc1. The third kappa shape index (κ3) is 3.09. The highest BCUT2D eigenvalue weighted by Crippen LogP contribution is 2.22. The monoisotopic (exact) mass is 278 g/mol. The van der Waals surface area contributed by atoms with Crippen LogP contribution in [0.25, 0.3) is 0 Å². The third-order valence-electron chi connectivity index (χ3n) is 2.85. The van der Waals surface area contributed by atoms with Crippen LogP contribution in [0.4, 0.5) is 20.2 Å². The van der Waals surface area contributed by atoms with Gasteiger partial charge in [-0.15, -0.1) is 0 Å². The van der Waals surface area contributed by atoms with Crippen molar-refractivity contribution in [2.24, 2.45) is 0 Å². The Balaban J connectivity index is 2.18. The van der Waals surface area contributed by atoms with Gasteiger partial charge in [-0.25, -0.2) is 4.39 Å². The zero-order valence-electron chi connectivity index (χ0n) is 10.7. The Morgan fingerprint density at radius 1 is 1.15 bits per heavy atom. The topological polar surface area (TPSA) is 55.2 Å². The molecule has 0 aliphatic rings. The molecule has 0 aliphatic carbocycles. The molecular weight excluding hydrogens is 266 g/mol. The van der Waals surface area contributed by atoms with Crippen LogP contribution < -0.4 is 5.32 Å². The minimum Gasteiger partial charge on any atom is -0.381 e. The Bertz CT molecular complexity index is 642. The van der Waals surface area contributed by atoms with Gasteiger partial charge in [-0.3, -0.25) is 10.1 Å². The number of nitrogens with one attached hydrogen (secondary N) is 1. The average Bonchev–Trinajstić information content (AvgIpc) is 2.39. The lowest BCUT2D eigenvalue weighted by Gasteiger charge is -2.08. The first kappa shape index (κ1) is 13.9. The number of nitrogens with zero attached hydrogens (tertiary/aromatic N) is 1. The summed E-state index contributed by atoms with van der Waals surface area (Å²) in [4.78, 5) is 9.75. The fourth-order valence-corrected chi connectivity index (χ4v) is 1.72. The van der Waals surface area contributed by atoms with E-state index < -0.39 is 22.2 Å². The number of nitro groups is 1. The van der Waals surface area contributed by atoms with E-state index in [4.69, 9.17) is 0 Å². The summed E-state index contributed by atoms with van der Waals surface area (Å²) < 4.78 is 26.7. The van der Waals surface area contributed by atoms with Crippen molar-refractivity contribution < 1.29 is 13.7 Å². The van der Waals surface area contributed by atoms with Gasteiger partial charge in [-0.2, -0.15) is 4.39 Å². The predicted molar refractivity (Wildman–Crippen MR) is 71.5 cm³/mol. The van der Waals surface area contributed by atoms with Crippen LogP contribution in [0.15, 0.2) is 36.4 Å². The summed E-state index contributed by atoms with van der Waals surface area (Å²) >= 11 is 0. The first-order chi connectivity index (χ1) is 9.47. The maximum absolute atomic E-state index is 13.6. The fraction of sp³-hybridized carbons (Fsp3) is 0.143. The molecule has 0 fully saturated rings. The molecule has 0 saturated heterocycles. The Morgan fingerprint density at radius 3 is 2.40 bits per heavy atom. The molecule has 0 radical (unpaired) electrons. The van der Waals surface area contributed by atoms with Crippen LogP contribution in [-0.4, -0.2) is 4.92 Å². The molecule has 20 heavy (non-hydrogen) atoms. The molecular formula is C14H12F2N2O2. The molecule has 0 aliphatic heterocycles. The molecule has 0 heterocycles. The van der Waals surface area contributed by atoms with Crippen molar-refractivity contribution >= 4 is 11.4 Å². The van der Waals surface area contributed by atoms with Crippen molar-refractivity contribution in [3.63, 3.8) is 0 Å². The number of aryl methyl sites for hydroxylation is 1. The van der Waals surface area contributed by atoms with Gasteiger partial charge in [-0.05, 0) is 19.1 Å². The number of anilines is 1. The highest BCUT2D eigenvalue weighted by Gasteiger charge is 2.18. The smallest absolute Gasteiger partial charge is 0.305 e. The lowest BCUT2D eigenvalue weighted by molar-refractivity contribution is -0.387. The van der Waals surface area contributed by atoms with E-state index in [2.05, 4.69) is 5.32 Å². The summed E-state index contributed by atoms with van der Waals surface area (Å²) in [7, 11) is 0. The van der Waals surface area contributed by atoms with Gasteiger partial charge in [0.2, 0.25) is 5.82 Å². The Hall–Kier alpha value is -2.50. The predicted octanol–water partition coefficient (Wildman–Crippen LogP) is 3.79. The van der Waals surface area contributed by atoms with E-state index in [9.17, 15) is 18.9 Å². The molecule has 0 saturated carbocycles. The molecule has 0 amide bonds. The molecule has 2 aromatic carbocycles. The zero-order valence-corrected chi connectivity index (χ0v) is 10.7. The van der Waals surface area contributed by atoms with E-state index in [0.29, 0.717) is 6.07 Å². The molecule has 104 valence electrons. The van der Waals surface area contributed by atoms with Gasteiger partial charge < -0.3 is 5.32 Å². The number of rotatable bonds is 4. The number of nitro benzene ring substituents is 1. The van der Waals surface area contributed by atoms with Crippen LogP contribution in [0.2, 0.25) is 0 Å². The molecule has 2 rings (SSSR count). The van der Waals surface area contributed by atoms with Crippen LogP contribution in [0.1, 0.15) is 11.1 Å². The summed E-state index contributed by atoms with van der Waals surface area (Å²) in [6.07, 6.45) is 0. The average molecular weight is 278 g/mol. The normalized spacial score (nSPS) is 10.3. The third-order valence-corrected chi connectivity index (χ3v) is 2.85. The van der Waals surface area contributed by atoms with Crippen LogP contribution >= 0.6 is 0 Å². The fourth-order valence-electron chi connectivity index (χ4n) is 1.72. The molecule has 4 nitrogen and oxygen atoms in total. The van der Waals surface area contributed by atoms with Crippen molar-refractivity contribution in [2.45, 2.75) is 13.5 Å². The van der Waals surface area contributed by atoms with Gasteiger partial charge in [0.1, 0.15) is 5.82 Å². The first-order valence-electron chi connectivity index (χ1n) is 5.90. The van der Waals surface area contributed by atoms with E-state index >= 15 is 0 Å². The second-order valence-electron chi connectivity index (χ2n) is 4.37. The van der Waals surface area contributed by atoms with Gasteiger partial charge >= 0.3 is 5.69 Å². The molecule has 0 spiro atoms. The molecule has 0 aromatic heterocycles. The van der Waals surface area contributed by atoms with Crippen molar-refractivity contribution in [2.75, 3.05) is 5.32 Å². The second-order valence-corrected chi connectivity index (χ2v) is 4.37. The quantitative estimate of drug-likeness (QED) is 0.683. The van der Waals surface area contributed by atoms with Gasteiger partial charge in [0.25, 0.3) is 0 Å². The molecule has 2 aromatic rings. The summed E-state index contributed by atoms with van der Waals surface area (Å²) in [6.45, 7) is 1.97. The Morgan fingerprint density at radius 2 is 1.80 bits per heavy atom. The number of benzene rings is 2. The van der Waals surface area contributed by atoms with E-state index in [1.807, 2.05) is 31.2 Å². The second kappa shape index (κ2) is 5.64.